The number of allylic oxidation sites excluding steroid dienone is 2. The van der Waals surface area contributed by atoms with Gasteiger partial charge in [-0.25, -0.2) is 0 Å². The molecule has 368 valence electrons. The van der Waals surface area contributed by atoms with Gasteiger partial charge in [-0.2, -0.15) is 0 Å². The molecule has 0 rings (SSSR count). The molecular formula is C57H110O5. The van der Waals surface area contributed by atoms with Crippen LogP contribution in [0.3, 0.4) is 0 Å². The monoisotopic (exact) mass is 875 g/mol. The van der Waals surface area contributed by atoms with Crippen LogP contribution in [0.1, 0.15) is 316 Å². The molecule has 0 saturated carbocycles. The highest BCUT2D eigenvalue weighted by molar-refractivity contribution is 5.70. The summed E-state index contributed by atoms with van der Waals surface area (Å²) in [6, 6.07) is 0. The summed E-state index contributed by atoms with van der Waals surface area (Å²) < 4.78 is 17.4. The highest BCUT2D eigenvalue weighted by Crippen LogP contribution is 2.17. The number of carbonyl (C=O) groups excluding carboxylic acids is 2. The van der Waals surface area contributed by atoms with Gasteiger partial charge in [0.25, 0.3) is 0 Å². The van der Waals surface area contributed by atoms with Gasteiger partial charge in [-0.1, -0.05) is 270 Å². The van der Waals surface area contributed by atoms with Crippen molar-refractivity contribution in [2.75, 3.05) is 19.8 Å². The van der Waals surface area contributed by atoms with Crippen molar-refractivity contribution in [3.63, 3.8) is 0 Å². The molecule has 5 nitrogen and oxygen atoms in total. The summed E-state index contributed by atoms with van der Waals surface area (Å²) >= 11 is 0. The van der Waals surface area contributed by atoms with Gasteiger partial charge < -0.3 is 14.2 Å². The Hall–Kier alpha value is -1.36. The van der Waals surface area contributed by atoms with Gasteiger partial charge in [-0.15, -0.1) is 0 Å². The van der Waals surface area contributed by atoms with Gasteiger partial charge in [0.1, 0.15) is 6.61 Å². The first-order valence-electron chi connectivity index (χ1n) is 28.2. The lowest BCUT2D eigenvalue weighted by Gasteiger charge is -2.18. The molecule has 0 amide bonds. The minimum atomic E-state index is -0.529. The van der Waals surface area contributed by atoms with Gasteiger partial charge in [-0.05, 0) is 44.9 Å². The predicted molar refractivity (Wildman–Crippen MR) is 270 cm³/mol. The van der Waals surface area contributed by atoms with Crippen LogP contribution >= 0.6 is 0 Å². The highest BCUT2D eigenvalue weighted by Gasteiger charge is 2.17. The van der Waals surface area contributed by atoms with Gasteiger partial charge in [-0.3, -0.25) is 9.59 Å². The highest BCUT2D eigenvalue weighted by atomic mass is 16.6. The van der Waals surface area contributed by atoms with Crippen LogP contribution in [0.2, 0.25) is 0 Å². The van der Waals surface area contributed by atoms with Gasteiger partial charge in [0, 0.05) is 19.4 Å². The Morgan fingerprint density at radius 2 is 0.629 bits per heavy atom. The maximum atomic E-state index is 12.8. The van der Waals surface area contributed by atoms with E-state index < -0.39 is 6.10 Å². The van der Waals surface area contributed by atoms with Crippen molar-refractivity contribution in [2.45, 2.75) is 322 Å². The molecule has 0 aromatic carbocycles. The van der Waals surface area contributed by atoms with Crippen molar-refractivity contribution in [2.24, 2.45) is 0 Å². The minimum absolute atomic E-state index is 0.0926. The Kier molecular flexibility index (Phi) is 52.8. The molecule has 5 heteroatoms. The van der Waals surface area contributed by atoms with E-state index in [-0.39, 0.29) is 18.5 Å². The lowest BCUT2D eigenvalue weighted by atomic mass is 10.0. The van der Waals surface area contributed by atoms with Crippen LogP contribution in [0.4, 0.5) is 0 Å². The lowest BCUT2D eigenvalue weighted by Crippen LogP contribution is -2.30. The fraction of sp³-hybridized carbons (Fsp3) is 0.930. The molecule has 0 spiro atoms. The van der Waals surface area contributed by atoms with Crippen molar-refractivity contribution in [3.05, 3.63) is 12.2 Å². The van der Waals surface area contributed by atoms with E-state index in [2.05, 4.69) is 32.9 Å². The molecular weight excluding hydrogens is 765 g/mol. The van der Waals surface area contributed by atoms with Crippen LogP contribution in [0, 0.1) is 0 Å². The molecule has 0 aromatic rings. The summed E-state index contributed by atoms with van der Waals surface area (Å²) in [6.45, 7) is 7.88. The van der Waals surface area contributed by atoms with Crippen LogP contribution in [0.5, 0.6) is 0 Å². The summed E-state index contributed by atoms with van der Waals surface area (Å²) in [7, 11) is 0. The van der Waals surface area contributed by atoms with Gasteiger partial charge in [0.15, 0.2) is 6.10 Å². The number of ether oxygens (including phenoxy) is 3. The van der Waals surface area contributed by atoms with E-state index in [4.69, 9.17) is 14.2 Å². The fourth-order valence-corrected chi connectivity index (χ4v) is 8.57. The van der Waals surface area contributed by atoms with E-state index in [1.54, 1.807) is 0 Å². The van der Waals surface area contributed by atoms with Crippen LogP contribution in [0.15, 0.2) is 12.2 Å². The second kappa shape index (κ2) is 54.0. The van der Waals surface area contributed by atoms with E-state index >= 15 is 0 Å². The molecule has 0 radical (unpaired) electrons. The SMILES string of the molecule is CCCCCCCC/C=C\CCCCCCCCOCC(COC(=O)CCCCCCCCCCCCCCCCCCCCC)OC(=O)CCCCCCCCCCCCC. The maximum Gasteiger partial charge on any atom is 0.306 e. The first-order chi connectivity index (χ1) is 30.6. The number of rotatable bonds is 53. The van der Waals surface area contributed by atoms with E-state index in [1.165, 1.54) is 244 Å². The molecule has 0 aliphatic rings. The smallest absolute Gasteiger partial charge is 0.306 e. The molecule has 0 fully saturated rings. The number of carbonyl (C=O) groups is 2. The molecule has 0 N–H and O–H groups in total. The molecule has 0 aromatic heterocycles. The maximum absolute atomic E-state index is 12.8. The van der Waals surface area contributed by atoms with Crippen LogP contribution in [0.25, 0.3) is 0 Å². The molecule has 0 bridgehead atoms. The quantitative estimate of drug-likeness (QED) is 0.0346. The third kappa shape index (κ3) is 51.3. The van der Waals surface area contributed by atoms with Crippen molar-refractivity contribution in [1.29, 1.82) is 0 Å². The zero-order chi connectivity index (χ0) is 44.9. The van der Waals surface area contributed by atoms with Gasteiger partial charge in [0.2, 0.25) is 0 Å². The normalized spacial score (nSPS) is 12.1. The molecule has 0 aliphatic carbocycles. The third-order valence-electron chi connectivity index (χ3n) is 12.8. The first kappa shape index (κ1) is 60.6. The van der Waals surface area contributed by atoms with Gasteiger partial charge >= 0.3 is 11.9 Å². The Morgan fingerprint density at radius 1 is 0.339 bits per heavy atom. The first-order valence-corrected chi connectivity index (χ1v) is 28.2. The minimum Gasteiger partial charge on any atom is -0.462 e. The van der Waals surface area contributed by atoms with Crippen LogP contribution in [-0.2, 0) is 23.8 Å². The summed E-state index contributed by atoms with van der Waals surface area (Å²) in [5.74, 6) is -0.377. The second-order valence-electron chi connectivity index (χ2n) is 19.2. The summed E-state index contributed by atoms with van der Waals surface area (Å²) in [6.07, 6.45) is 62.3. The molecule has 1 unspecified atom stereocenters. The standard InChI is InChI=1S/C57H110O5/c1-4-7-10-13-16-19-22-24-26-28-29-30-31-33-36-38-41-44-47-50-56(58)61-54-55(62-57(59)51-48-45-42-39-35-21-18-15-12-9-6-3)53-60-52-49-46-43-40-37-34-32-27-25-23-20-17-14-11-8-5-2/h25,27,55H,4-24,26,28-54H2,1-3H3/b27-25-. The zero-order valence-electron chi connectivity index (χ0n) is 42.4. The third-order valence-corrected chi connectivity index (χ3v) is 12.8. The Morgan fingerprint density at radius 3 is 0.984 bits per heavy atom. The van der Waals surface area contributed by atoms with Crippen molar-refractivity contribution in [3.8, 4) is 0 Å². The average molecular weight is 876 g/mol. The van der Waals surface area contributed by atoms with Crippen molar-refractivity contribution >= 4 is 11.9 Å². The molecule has 1 atom stereocenters. The summed E-state index contributed by atoms with van der Waals surface area (Å²) in [5, 5.41) is 0. The van der Waals surface area contributed by atoms with E-state index in [0.717, 1.165) is 38.5 Å². The molecule has 62 heavy (non-hydrogen) atoms. The Labute approximate surface area is 388 Å². The number of esters is 2. The second-order valence-corrected chi connectivity index (χ2v) is 19.2. The molecule has 0 heterocycles. The van der Waals surface area contributed by atoms with Crippen LogP contribution < -0.4 is 0 Å². The topological polar surface area (TPSA) is 61.8 Å². The van der Waals surface area contributed by atoms with Gasteiger partial charge in [0.05, 0.1) is 6.61 Å². The lowest BCUT2D eigenvalue weighted by molar-refractivity contribution is -0.163. The number of hydrogen-bond acceptors (Lipinski definition) is 5. The molecule has 0 saturated heterocycles. The fourth-order valence-electron chi connectivity index (χ4n) is 8.57. The summed E-state index contributed by atoms with van der Waals surface area (Å²) in [4.78, 5) is 25.4. The molecule has 0 aliphatic heterocycles. The Balaban J connectivity index is 4.15. The summed E-state index contributed by atoms with van der Waals surface area (Å²) in [5.41, 5.74) is 0. The van der Waals surface area contributed by atoms with Crippen molar-refractivity contribution in [1.82, 2.24) is 0 Å². The van der Waals surface area contributed by atoms with E-state index in [0.29, 0.717) is 26.1 Å². The Bertz CT molecular complexity index is 902. The average Bonchev–Trinajstić information content (AvgIpc) is 3.27. The van der Waals surface area contributed by atoms with Crippen molar-refractivity contribution < 1.29 is 23.8 Å². The zero-order valence-corrected chi connectivity index (χ0v) is 42.4. The largest absolute Gasteiger partial charge is 0.462 e. The van der Waals surface area contributed by atoms with Crippen LogP contribution in [-0.4, -0.2) is 37.9 Å². The van der Waals surface area contributed by atoms with E-state index in [1.807, 2.05) is 0 Å². The predicted octanol–water partition coefficient (Wildman–Crippen LogP) is 19.0. The number of unbranched alkanes of at least 4 members (excludes halogenated alkanes) is 40. The number of hydrogen-bond donors (Lipinski definition) is 0. The van der Waals surface area contributed by atoms with E-state index in [9.17, 15) is 9.59 Å².